The van der Waals surface area contributed by atoms with Crippen molar-refractivity contribution in [3.8, 4) is 0 Å². The molecule has 1 aliphatic heterocycles. The van der Waals surface area contributed by atoms with E-state index in [1.54, 1.807) is 0 Å². The first-order chi connectivity index (χ1) is 14.8. The zero-order valence-electron chi connectivity index (χ0n) is 16.9. The Morgan fingerprint density at radius 1 is 0.935 bits per heavy atom. The molecule has 2 aromatic rings. The van der Waals surface area contributed by atoms with E-state index in [0.717, 1.165) is 30.7 Å². The van der Waals surface area contributed by atoms with Crippen LogP contribution >= 0.6 is 0 Å². The lowest BCUT2D eigenvalue weighted by Gasteiger charge is -2.33. The van der Waals surface area contributed by atoms with Gasteiger partial charge in [-0.15, -0.1) is 0 Å². The van der Waals surface area contributed by atoms with Crippen molar-refractivity contribution in [1.29, 1.82) is 0 Å². The number of ether oxygens (including phenoxy) is 3. The topological polar surface area (TPSA) is 102 Å². The Labute approximate surface area is 179 Å². The molecule has 31 heavy (non-hydrogen) atoms. The number of anilines is 2. The van der Waals surface area contributed by atoms with Crippen LogP contribution in [0, 0.1) is 5.82 Å². The Balaban J connectivity index is 2.22. The Bertz CT molecular complexity index is 1030. The van der Waals surface area contributed by atoms with Crippen molar-refractivity contribution in [2.75, 3.05) is 44.8 Å². The maximum absolute atomic E-state index is 13.5. The number of nitrogens with zero attached hydrogens (tertiary/aromatic N) is 2. The van der Waals surface area contributed by atoms with E-state index in [2.05, 4.69) is 0 Å². The van der Waals surface area contributed by atoms with Gasteiger partial charge in [-0.2, -0.15) is 12.7 Å². The molecule has 0 atom stereocenters. The van der Waals surface area contributed by atoms with Gasteiger partial charge < -0.3 is 14.2 Å². The van der Waals surface area contributed by atoms with Crippen LogP contribution in [0.5, 0.6) is 0 Å². The van der Waals surface area contributed by atoms with Gasteiger partial charge in [0.15, 0.2) is 0 Å². The number of methoxy groups -OCH3 is 2. The maximum atomic E-state index is 13.5. The second-order valence-electron chi connectivity index (χ2n) is 6.51. The Morgan fingerprint density at radius 2 is 1.45 bits per heavy atom. The fourth-order valence-electron chi connectivity index (χ4n) is 3.08. The van der Waals surface area contributed by atoms with Gasteiger partial charge in [-0.1, -0.05) is 0 Å². The standard InChI is InChI=1S/C20H21FN2O7S/c1-28-19(24)14-11-15(20(25)29-2)13-18(12-14)23(17-5-3-16(21)4-6-17)31(26,27)22-7-9-30-10-8-22/h3-6,11-13H,7-10H2,1-2H3. The molecule has 0 amide bonds. The molecular formula is C20H21FN2O7S. The first-order valence-corrected chi connectivity index (χ1v) is 10.6. The highest BCUT2D eigenvalue weighted by Gasteiger charge is 2.33. The van der Waals surface area contributed by atoms with E-state index in [4.69, 9.17) is 14.2 Å². The fraction of sp³-hybridized carbons (Fsp3) is 0.300. The van der Waals surface area contributed by atoms with Crippen molar-refractivity contribution in [3.05, 3.63) is 59.4 Å². The van der Waals surface area contributed by atoms with E-state index in [1.165, 1.54) is 34.6 Å². The van der Waals surface area contributed by atoms with Crippen molar-refractivity contribution in [2.24, 2.45) is 0 Å². The van der Waals surface area contributed by atoms with E-state index >= 15 is 0 Å². The van der Waals surface area contributed by atoms with Crippen LogP contribution in [-0.4, -0.2) is 65.2 Å². The SMILES string of the molecule is COC(=O)c1cc(C(=O)OC)cc(N(c2ccc(F)cc2)S(=O)(=O)N2CCOCC2)c1. The number of benzene rings is 2. The lowest BCUT2D eigenvalue weighted by Crippen LogP contribution is -2.47. The van der Waals surface area contributed by atoms with E-state index in [1.807, 2.05) is 0 Å². The van der Waals surface area contributed by atoms with Crippen LogP contribution in [0.2, 0.25) is 0 Å². The third kappa shape index (κ3) is 4.84. The van der Waals surface area contributed by atoms with Gasteiger partial charge in [0.05, 0.1) is 49.9 Å². The average molecular weight is 452 g/mol. The van der Waals surface area contributed by atoms with Crippen LogP contribution in [0.4, 0.5) is 15.8 Å². The summed E-state index contributed by atoms with van der Waals surface area (Å²) < 4.78 is 57.4. The minimum Gasteiger partial charge on any atom is -0.465 e. The summed E-state index contributed by atoms with van der Waals surface area (Å²) in [5, 5.41) is 0. The molecule has 1 fully saturated rings. The third-order valence-corrected chi connectivity index (χ3v) is 6.48. The zero-order valence-corrected chi connectivity index (χ0v) is 17.7. The molecule has 1 heterocycles. The Morgan fingerprint density at radius 3 is 1.94 bits per heavy atom. The van der Waals surface area contributed by atoms with Crippen molar-refractivity contribution in [3.63, 3.8) is 0 Å². The number of carbonyl (C=O) groups is 2. The highest BCUT2D eigenvalue weighted by atomic mass is 32.2. The second-order valence-corrected chi connectivity index (χ2v) is 8.29. The first-order valence-electron chi connectivity index (χ1n) is 9.23. The number of rotatable bonds is 6. The van der Waals surface area contributed by atoms with Crippen molar-refractivity contribution < 1.29 is 36.6 Å². The summed E-state index contributed by atoms with van der Waals surface area (Å²) in [5.41, 5.74) is 0.00139. The van der Waals surface area contributed by atoms with Gasteiger partial charge in [0.2, 0.25) is 0 Å². The lowest BCUT2D eigenvalue weighted by molar-refractivity contribution is 0.0599. The Kier molecular flexibility index (Phi) is 6.88. The summed E-state index contributed by atoms with van der Waals surface area (Å²) in [5.74, 6) is -2.09. The van der Waals surface area contributed by atoms with Gasteiger partial charge in [-0.3, -0.25) is 0 Å². The van der Waals surface area contributed by atoms with Gasteiger partial charge >= 0.3 is 22.1 Å². The van der Waals surface area contributed by atoms with Gasteiger partial charge in [-0.25, -0.2) is 18.3 Å². The van der Waals surface area contributed by atoms with Crippen molar-refractivity contribution in [1.82, 2.24) is 4.31 Å². The zero-order chi connectivity index (χ0) is 22.6. The van der Waals surface area contributed by atoms with Crippen molar-refractivity contribution >= 4 is 33.5 Å². The number of esters is 2. The smallest absolute Gasteiger partial charge is 0.337 e. The number of hydrogen-bond acceptors (Lipinski definition) is 7. The van der Waals surface area contributed by atoms with E-state index in [0.29, 0.717) is 0 Å². The molecule has 11 heteroatoms. The predicted molar refractivity (Wildman–Crippen MR) is 109 cm³/mol. The van der Waals surface area contributed by atoms with Crippen LogP contribution in [0.3, 0.4) is 0 Å². The molecule has 0 N–H and O–H groups in total. The molecular weight excluding hydrogens is 431 g/mol. The summed E-state index contributed by atoms with van der Waals surface area (Å²) in [4.78, 5) is 24.3. The molecule has 2 aromatic carbocycles. The molecule has 1 saturated heterocycles. The third-order valence-electron chi connectivity index (χ3n) is 4.58. The summed E-state index contributed by atoms with van der Waals surface area (Å²) in [7, 11) is -1.86. The molecule has 0 bridgehead atoms. The molecule has 0 unspecified atom stereocenters. The summed E-state index contributed by atoms with van der Waals surface area (Å²) in [6.07, 6.45) is 0. The van der Waals surface area contributed by atoms with Crippen LogP contribution in [-0.2, 0) is 24.4 Å². The van der Waals surface area contributed by atoms with Gasteiger partial charge in [-0.05, 0) is 42.5 Å². The van der Waals surface area contributed by atoms with Gasteiger partial charge in [0.1, 0.15) is 5.82 Å². The first kappa shape index (κ1) is 22.7. The average Bonchev–Trinajstić information content (AvgIpc) is 2.79. The van der Waals surface area contributed by atoms with Crippen molar-refractivity contribution in [2.45, 2.75) is 0 Å². The second kappa shape index (κ2) is 9.41. The minimum absolute atomic E-state index is 0.0126. The van der Waals surface area contributed by atoms with Crippen LogP contribution in [0.15, 0.2) is 42.5 Å². The minimum atomic E-state index is -4.18. The van der Waals surface area contributed by atoms with E-state index in [-0.39, 0.29) is 48.8 Å². The van der Waals surface area contributed by atoms with E-state index in [9.17, 15) is 22.4 Å². The van der Waals surface area contributed by atoms with Gasteiger partial charge in [0.25, 0.3) is 0 Å². The molecule has 9 nitrogen and oxygen atoms in total. The molecule has 0 saturated carbocycles. The monoisotopic (exact) mass is 452 g/mol. The molecule has 0 spiro atoms. The highest BCUT2D eigenvalue weighted by molar-refractivity contribution is 7.90. The largest absolute Gasteiger partial charge is 0.465 e. The van der Waals surface area contributed by atoms with Crippen LogP contribution in [0.1, 0.15) is 20.7 Å². The van der Waals surface area contributed by atoms with E-state index < -0.39 is 28.0 Å². The highest BCUT2D eigenvalue weighted by Crippen LogP contribution is 2.33. The quantitative estimate of drug-likeness (QED) is 0.619. The molecule has 0 radical (unpaired) electrons. The lowest BCUT2D eigenvalue weighted by atomic mass is 10.1. The molecule has 0 aliphatic carbocycles. The molecule has 1 aliphatic rings. The van der Waals surface area contributed by atoms with Crippen LogP contribution < -0.4 is 4.31 Å². The summed E-state index contributed by atoms with van der Waals surface area (Å²) in [6, 6.07) is 8.60. The fourth-order valence-corrected chi connectivity index (χ4v) is 4.69. The molecule has 0 aromatic heterocycles. The number of halogens is 1. The number of hydrogen-bond donors (Lipinski definition) is 0. The normalized spacial score (nSPS) is 14.7. The number of carbonyl (C=O) groups excluding carboxylic acids is 2. The Hall–Kier alpha value is -3.02. The summed E-state index contributed by atoms with van der Waals surface area (Å²) in [6.45, 7) is 0.652. The maximum Gasteiger partial charge on any atom is 0.337 e. The van der Waals surface area contributed by atoms with Gasteiger partial charge in [0, 0.05) is 13.1 Å². The molecule has 166 valence electrons. The van der Waals surface area contributed by atoms with Crippen LogP contribution in [0.25, 0.3) is 0 Å². The number of morpholine rings is 1. The molecule has 3 rings (SSSR count). The summed E-state index contributed by atoms with van der Waals surface area (Å²) >= 11 is 0. The predicted octanol–water partition coefficient (Wildman–Crippen LogP) is 2.11.